The van der Waals surface area contributed by atoms with Crippen LogP contribution in [0.25, 0.3) is 0 Å². The maximum absolute atomic E-state index is 12.0. The summed E-state index contributed by atoms with van der Waals surface area (Å²) in [6.45, 7) is 6.57. The minimum absolute atomic E-state index is 0.252. The predicted octanol–water partition coefficient (Wildman–Crippen LogP) is 3.23. The Labute approximate surface area is 128 Å². The van der Waals surface area contributed by atoms with Crippen molar-refractivity contribution in [2.45, 2.75) is 32.6 Å². The first-order valence-electron chi connectivity index (χ1n) is 6.93. The van der Waals surface area contributed by atoms with Gasteiger partial charge in [0.15, 0.2) is 5.13 Å². The lowest BCUT2D eigenvalue weighted by atomic mass is 9.90. The second-order valence-corrected chi connectivity index (χ2v) is 6.00. The lowest BCUT2D eigenvalue weighted by molar-refractivity contribution is -0.148. The molecule has 0 spiro atoms. The molecule has 0 atom stereocenters. The van der Waals surface area contributed by atoms with E-state index in [1.807, 2.05) is 31.4 Å². The summed E-state index contributed by atoms with van der Waals surface area (Å²) in [4.78, 5) is 16.4. The fourth-order valence-corrected chi connectivity index (χ4v) is 2.71. The van der Waals surface area contributed by atoms with Crippen molar-refractivity contribution in [3.05, 3.63) is 35.2 Å². The number of thiazole rings is 1. The van der Waals surface area contributed by atoms with Crippen molar-refractivity contribution in [2.75, 3.05) is 18.5 Å². The third-order valence-electron chi connectivity index (χ3n) is 3.16. The summed E-state index contributed by atoms with van der Waals surface area (Å²) >= 11 is 1.49. The van der Waals surface area contributed by atoms with Crippen LogP contribution in [0.15, 0.2) is 28.2 Å². The molecule has 21 heavy (non-hydrogen) atoms. The smallest absolute Gasteiger partial charge is 0.317 e. The zero-order valence-corrected chi connectivity index (χ0v) is 13.3. The molecule has 0 aliphatic rings. The fourth-order valence-electron chi connectivity index (χ4n) is 1.81. The third-order valence-corrected chi connectivity index (χ3v) is 3.96. The number of nitrogens with zero attached hydrogens (tertiary/aromatic N) is 1. The highest BCUT2D eigenvalue weighted by atomic mass is 32.1. The molecule has 0 unspecified atom stereocenters. The number of esters is 1. The lowest BCUT2D eigenvalue weighted by Crippen LogP contribution is -2.31. The van der Waals surface area contributed by atoms with Crippen molar-refractivity contribution in [1.29, 1.82) is 0 Å². The molecule has 2 aromatic heterocycles. The second kappa shape index (κ2) is 6.76. The normalized spacial score (nSPS) is 11.4. The van der Waals surface area contributed by atoms with Crippen LogP contribution in [-0.2, 0) is 21.4 Å². The van der Waals surface area contributed by atoms with Gasteiger partial charge in [-0.2, -0.15) is 0 Å². The molecule has 0 saturated heterocycles. The SMILES string of the molecule is CCOC(=O)C(C)(C)c1csc(NCCc2ccco2)n1. The van der Waals surface area contributed by atoms with Crippen LogP contribution in [0, 0.1) is 0 Å². The van der Waals surface area contributed by atoms with Crippen LogP contribution >= 0.6 is 11.3 Å². The van der Waals surface area contributed by atoms with Gasteiger partial charge in [-0.25, -0.2) is 4.98 Å². The molecular weight excluding hydrogens is 288 g/mol. The number of carbonyl (C=O) groups excluding carboxylic acids is 1. The summed E-state index contributed by atoms with van der Waals surface area (Å²) < 4.78 is 10.4. The zero-order chi connectivity index (χ0) is 15.3. The lowest BCUT2D eigenvalue weighted by Gasteiger charge is -2.19. The largest absolute Gasteiger partial charge is 0.469 e. The molecule has 0 fully saturated rings. The predicted molar refractivity (Wildman–Crippen MR) is 82.7 cm³/mol. The van der Waals surface area contributed by atoms with E-state index in [9.17, 15) is 4.79 Å². The average Bonchev–Trinajstić information content (AvgIpc) is 3.10. The number of anilines is 1. The van der Waals surface area contributed by atoms with E-state index in [4.69, 9.17) is 9.15 Å². The average molecular weight is 308 g/mol. The van der Waals surface area contributed by atoms with Gasteiger partial charge in [-0.15, -0.1) is 11.3 Å². The minimum atomic E-state index is -0.729. The van der Waals surface area contributed by atoms with Crippen molar-refractivity contribution < 1.29 is 13.9 Å². The monoisotopic (exact) mass is 308 g/mol. The highest BCUT2D eigenvalue weighted by Crippen LogP contribution is 2.28. The van der Waals surface area contributed by atoms with E-state index in [2.05, 4.69) is 10.3 Å². The first-order chi connectivity index (χ1) is 10.0. The van der Waals surface area contributed by atoms with Gasteiger partial charge >= 0.3 is 5.97 Å². The molecule has 0 radical (unpaired) electrons. The van der Waals surface area contributed by atoms with E-state index in [0.29, 0.717) is 6.61 Å². The van der Waals surface area contributed by atoms with E-state index >= 15 is 0 Å². The Hall–Kier alpha value is -1.82. The molecule has 0 bridgehead atoms. The summed E-state index contributed by atoms with van der Waals surface area (Å²) in [5.41, 5.74) is -0.000526. The van der Waals surface area contributed by atoms with Crippen LogP contribution in [0.3, 0.4) is 0 Å². The van der Waals surface area contributed by atoms with Gasteiger partial charge in [0.25, 0.3) is 0 Å². The number of hydrogen-bond donors (Lipinski definition) is 1. The quantitative estimate of drug-likeness (QED) is 0.796. The van der Waals surface area contributed by atoms with Crippen molar-refractivity contribution in [1.82, 2.24) is 4.98 Å². The summed E-state index contributed by atoms with van der Waals surface area (Å²) in [7, 11) is 0. The molecule has 114 valence electrons. The summed E-state index contributed by atoms with van der Waals surface area (Å²) in [5.74, 6) is 0.684. The molecule has 0 aliphatic heterocycles. The molecule has 2 rings (SSSR count). The molecule has 5 nitrogen and oxygen atoms in total. The maximum atomic E-state index is 12.0. The Morgan fingerprint density at radius 3 is 3.00 bits per heavy atom. The number of rotatable bonds is 7. The Bertz CT molecular complexity index is 576. The third kappa shape index (κ3) is 3.85. The number of hydrogen-bond acceptors (Lipinski definition) is 6. The Morgan fingerprint density at radius 1 is 1.52 bits per heavy atom. The highest BCUT2D eigenvalue weighted by Gasteiger charge is 2.33. The molecule has 0 aromatic carbocycles. The molecule has 0 amide bonds. The van der Waals surface area contributed by atoms with E-state index in [-0.39, 0.29) is 5.97 Å². The zero-order valence-electron chi connectivity index (χ0n) is 12.5. The number of nitrogens with one attached hydrogen (secondary N) is 1. The fraction of sp³-hybridized carbons (Fsp3) is 0.467. The standard InChI is InChI=1S/C15H20N2O3S/c1-4-19-13(18)15(2,3)12-10-21-14(17-12)16-8-7-11-6-5-9-20-11/h5-6,9-10H,4,7-8H2,1-3H3,(H,16,17). The van der Waals surface area contributed by atoms with Crippen molar-refractivity contribution >= 4 is 22.4 Å². The summed E-state index contributed by atoms with van der Waals surface area (Å²) in [6.07, 6.45) is 2.46. The molecule has 2 heterocycles. The van der Waals surface area contributed by atoms with Gasteiger partial charge in [-0.05, 0) is 32.9 Å². The first kappa shape index (κ1) is 15.6. The van der Waals surface area contributed by atoms with Crippen LogP contribution in [0.4, 0.5) is 5.13 Å². The van der Waals surface area contributed by atoms with Crippen LogP contribution in [-0.4, -0.2) is 24.1 Å². The van der Waals surface area contributed by atoms with Crippen LogP contribution in [0.1, 0.15) is 32.2 Å². The van der Waals surface area contributed by atoms with Crippen molar-refractivity contribution in [3.8, 4) is 0 Å². The van der Waals surface area contributed by atoms with Crippen LogP contribution < -0.4 is 5.32 Å². The van der Waals surface area contributed by atoms with Gasteiger partial charge < -0.3 is 14.5 Å². The molecule has 0 aliphatic carbocycles. The summed E-state index contributed by atoms with van der Waals surface area (Å²) in [6, 6.07) is 3.82. The number of furan rings is 1. The maximum Gasteiger partial charge on any atom is 0.317 e. The van der Waals surface area contributed by atoms with E-state index in [0.717, 1.165) is 29.6 Å². The van der Waals surface area contributed by atoms with Gasteiger partial charge in [-0.3, -0.25) is 4.79 Å². The van der Waals surface area contributed by atoms with Crippen LogP contribution in [0.2, 0.25) is 0 Å². The van der Waals surface area contributed by atoms with Crippen molar-refractivity contribution in [2.24, 2.45) is 0 Å². The van der Waals surface area contributed by atoms with Gasteiger partial charge in [-0.1, -0.05) is 0 Å². The van der Waals surface area contributed by atoms with E-state index in [1.54, 1.807) is 13.2 Å². The number of ether oxygens (including phenoxy) is 1. The van der Waals surface area contributed by atoms with Gasteiger partial charge in [0.2, 0.25) is 0 Å². The Balaban J connectivity index is 1.92. The second-order valence-electron chi connectivity index (χ2n) is 5.14. The molecule has 2 aromatic rings. The number of carbonyl (C=O) groups is 1. The molecular formula is C15H20N2O3S. The Morgan fingerprint density at radius 2 is 2.33 bits per heavy atom. The molecule has 0 saturated carbocycles. The highest BCUT2D eigenvalue weighted by molar-refractivity contribution is 7.13. The number of aromatic nitrogens is 1. The topological polar surface area (TPSA) is 64.4 Å². The molecule has 1 N–H and O–H groups in total. The molecule has 6 heteroatoms. The van der Waals surface area contributed by atoms with Gasteiger partial charge in [0, 0.05) is 18.3 Å². The van der Waals surface area contributed by atoms with E-state index in [1.165, 1.54) is 11.3 Å². The minimum Gasteiger partial charge on any atom is -0.469 e. The first-order valence-corrected chi connectivity index (χ1v) is 7.81. The van der Waals surface area contributed by atoms with Crippen molar-refractivity contribution in [3.63, 3.8) is 0 Å². The van der Waals surface area contributed by atoms with Crippen LogP contribution in [0.5, 0.6) is 0 Å². The summed E-state index contributed by atoms with van der Waals surface area (Å²) in [5, 5.41) is 5.94. The Kier molecular flexibility index (Phi) is 5.01. The van der Waals surface area contributed by atoms with Gasteiger partial charge in [0.1, 0.15) is 11.2 Å². The van der Waals surface area contributed by atoms with Gasteiger partial charge in [0.05, 0.1) is 18.6 Å². The van der Waals surface area contributed by atoms with E-state index < -0.39 is 5.41 Å².